The standard InChI is InChI=1S/C46H40N2/c1-3-12-34(13-4-1)47(36-22-23-43-39(29-36)37-16-8-10-20-42(37)48(43)35-14-5-2-6-15-35)44-21-11-19-41-45(44)38-17-7-9-18-40(38)46(41)32-25-30-24-31(27-32)28-33(46)26-30/h1-14,16-23,29-33,35H,15,24-28H2. The third-order valence-corrected chi connectivity index (χ3v) is 13.1. The van der Waals surface area contributed by atoms with Crippen LogP contribution in [0.3, 0.4) is 0 Å². The van der Waals surface area contributed by atoms with Gasteiger partial charge in [-0.2, -0.15) is 0 Å². The summed E-state index contributed by atoms with van der Waals surface area (Å²) in [7, 11) is 0. The van der Waals surface area contributed by atoms with Crippen molar-refractivity contribution in [3.63, 3.8) is 0 Å². The molecule has 1 spiro atoms. The zero-order chi connectivity index (χ0) is 31.4. The molecule has 0 saturated heterocycles. The number of fused-ring (bicyclic) bond motifs is 6. The summed E-state index contributed by atoms with van der Waals surface area (Å²) in [5.41, 5.74) is 12.6. The Morgan fingerprint density at radius 1 is 0.583 bits per heavy atom. The molecule has 6 aliphatic rings. The molecule has 0 amide bonds. The number of nitrogens with zero attached hydrogens (tertiary/aromatic N) is 2. The molecule has 2 nitrogen and oxygen atoms in total. The van der Waals surface area contributed by atoms with Crippen LogP contribution >= 0.6 is 0 Å². The Hall–Kier alpha value is -4.82. The smallest absolute Gasteiger partial charge is 0.0560 e. The highest BCUT2D eigenvalue weighted by Gasteiger charge is 2.61. The Balaban J connectivity index is 1.15. The van der Waals surface area contributed by atoms with E-state index in [1.165, 1.54) is 82.1 Å². The first kappa shape index (κ1) is 27.2. The molecule has 0 aliphatic heterocycles. The maximum atomic E-state index is 2.56. The van der Waals surface area contributed by atoms with Gasteiger partial charge in [-0.05, 0) is 121 Å². The molecule has 12 rings (SSSR count). The van der Waals surface area contributed by atoms with E-state index in [1.54, 1.807) is 11.1 Å². The summed E-state index contributed by atoms with van der Waals surface area (Å²) >= 11 is 0. The summed E-state index contributed by atoms with van der Waals surface area (Å²) in [5.74, 6) is 3.38. The molecular weight excluding hydrogens is 581 g/mol. The van der Waals surface area contributed by atoms with E-state index in [4.69, 9.17) is 0 Å². The molecule has 1 unspecified atom stereocenters. The number of benzene rings is 5. The van der Waals surface area contributed by atoms with Gasteiger partial charge in [0, 0.05) is 44.2 Å². The SMILES string of the molecule is C1=CCC(n2c3ccccc3c3cc(N(c4ccccc4)c4cccc5c4-c4ccccc4C54C5CC6CC(C5)CC4C6)ccc32)C=C1. The second-order valence-corrected chi connectivity index (χ2v) is 15.3. The highest BCUT2D eigenvalue weighted by atomic mass is 15.1. The first-order valence-electron chi connectivity index (χ1n) is 18.2. The second-order valence-electron chi connectivity index (χ2n) is 15.3. The lowest BCUT2D eigenvalue weighted by Crippen LogP contribution is -2.55. The molecule has 1 atom stereocenters. The van der Waals surface area contributed by atoms with Gasteiger partial charge in [-0.15, -0.1) is 0 Å². The minimum atomic E-state index is 0.150. The zero-order valence-electron chi connectivity index (χ0n) is 27.3. The van der Waals surface area contributed by atoms with Gasteiger partial charge < -0.3 is 9.47 Å². The molecule has 48 heavy (non-hydrogen) atoms. The van der Waals surface area contributed by atoms with E-state index in [2.05, 4.69) is 149 Å². The summed E-state index contributed by atoms with van der Waals surface area (Å²) in [6.07, 6.45) is 17.1. The zero-order valence-corrected chi connectivity index (χ0v) is 27.3. The summed E-state index contributed by atoms with van der Waals surface area (Å²) in [5, 5.41) is 2.64. The van der Waals surface area contributed by atoms with Crippen LogP contribution in [0.25, 0.3) is 32.9 Å². The van der Waals surface area contributed by atoms with E-state index in [1.807, 2.05) is 0 Å². The van der Waals surface area contributed by atoms with Gasteiger partial charge in [-0.25, -0.2) is 0 Å². The highest BCUT2D eigenvalue weighted by Crippen LogP contribution is 2.70. The highest BCUT2D eigenvalue weighted by molar-refractivity contribution is 6.10. The van der Waals surface area contributed by atoms with Crippen molar-refractivity contribution in [2.45, 2.75) is 50.0 Å². The quantitative estimate of drug-likeness (QED) is 0.190. The van der Waals surface area contributed by atoms with E-state index in [0.29, 0.717) is 6.04 Å². The fourth-order valence-electron chi connectivity index (χ4n) is 11.6. The van der Waals surface area contributed by atoms with Crippen molar-refractivity contribution in [2.75, 3.05) is 4.90 Å². The maximum Gasteiger partial charge on any atom is 0.0560 e. The molecule has 1 aromatic heterocycles. The predicted molar refractivity (Wildman–Crippen MR) is 199 cm³/mol. The third-order valence-electron chi connectivity index (χ3n) is 13.1. The van der Waals surface area contributed by atoms with Crippen molar-refractivity contribution < 1.29 is 0 Å². The lowest BCUT2D eigenvalue weighted by Gasteiger charge is -2.61. The summed E-state index contributed by atoms with van der Waals surface area (Å²) in [6, 6.07) is 44.4. The van der Waals surface area contributed by atoms with Crippen LogP contribution in [-0.4, -0.2) is 4.57 Å². The molecule has 2 heteroatoms. The lowest BCUT2D eigenvalue weighted by molar-refractivity contribution is -0.0399. The Labute approximate surface area is 283 Å². The van der Waals surface area contributed by atoms with E-state index in [0.717, 1.165) is 30.1 Å². The van der Waals surface area contributed by atoms with E-state index < -0.39 is 0 Å². The second kappa shape index (κ2) is 10.1. The molecule has 4 saturated carbocycles. The molecule has 0 N–H and O–H groups in total. The topological polar surface area (TPSA) is 8.17 Å². The number of para-hydroxylation sites is 2. The number of rotatable bonds is 4. The average Bonchev–Trinajstić information content (AvgIpc) is 3.62. The van der Waals surface area contributed by atoms with Crippen LogP contribution < -0.4 is 4.90 Å². The summed E-state index contributed by atoms with van der Waals surface area (Å²) in [4.78, 5) is 2.56. The van der Waals surface area contributed by atoms with Crippen LogP contribution in [-0.2, 0) is 5.41 Å². The number of allylic oxidation sites excluding steroid dienone is 4. The van der Waals surface area contributed by atoms with Gasteiger partial charge in [0.2, 0.25) is 0 Å². The van der Waals surface area contributed by atoms with Crippen LogP contribution in [0.5, 0.6) is 0 Å². The van der Waals surface area contributed by atoms with Crippen LogP contribution in [0.15, 0.2) is 140 Å². The van der Waals surface area contributed by atoms with Crippen LogP contribution in [0.2, 0.25) is 0 Å². The molecule has 0 radical (unpaired) electrons. The molecule has 4 bridgehead atoms. The molecule has 5 aromatic carbocycles. The van der Waals surface area contributed by atoms with Gasteiger partial charge in [0.05, 0.1) is 11.7 Å². The first-order valence-corrected chi connectivity index (χ1v) is 18.2. The molecule has 6 aliphatic carbocycles. The van der Waals surface area contributed by atoms with E-state index >= 15 is 0 Å². The van der Waals surface area contributed by atoms with E-state index in [-0.39, 0.29) is 5.41 Å². The van der Waals surface area contributed by atoms with Crippen LogP contribution in [0.1, 0.15) is 55.7 Å². The number of hydrogen-bond acceptors (Lipinski definition) is 1. The van der Waals surface area contributed by atoms with Gasteiger partial charge in [-0.3, -0.25) is 0 Å². The minimum absolute atomic E-state index is 0.150. The normalized spacial score (nSPS) is 27.6. The summed E-state index contributed by atoms with van der Waals surface area (Å²) < 4.78 is 2.55. The molecule has 4 fully saturated rings. The Kier molecular flexibility index (Phi) is 5.71. The number of hydrogen-bond donors (Lipinski definition) is 0. The van der Waals surface area contributed by atoms with E-state index in [9.17, 15) is 0 Å². The fraction of sp³-hybridized carbons (Fsp3) is 0.261. The fourth-order valence-corrected chi connectivity index (χ4v) is 11.6. The molecule has 1 heterocycles. The van der Waals surface area contributed by atoms with Crippen molar-refractivity contribution in [2.24, 2.45) is 23.7 Å². The van der Waals surface area contributed by atoms with Gasteiger partial charge in [0.15, 0.2) is 0 Å². The minimum Gasteiger partial charge on any atom is -0.333 e. The van der Waals surface area contributed by atoms with Crippen molar-refractivity contribution in [1.29, 1.82) is 0 Å². The monoisotopic (exact) mass is 620 g/mol. The molecular formula is C46H40N2. The molecule has 234 valence electrons. The lowest BCUT2D eigenvalue weighted by atomic mass is 9.43. The van der Waals surface area contributed by atoms with Crippen LogP contribution in [0, 0.1) is 23.7 Å². The Morgan fingerprint density at radius 3 is 2.12 bits per heavy atom. The van der Waals surface area contributed by atoms with Crippen molar-refractivity contribution in [3.05, 3.63) is 151 Å². The van der Waals surface area contributed by atoms with Crippen LogP contribution in [0.4, 0.5) is 17.1 Å². The van der Waals surface area contributed by atoms with Gasteiger partial charge >= 0.3 is 0 Å². The Bertz CT molecular complexity index is 2270. The number of aromatic nitrogens is 1. The maximum absolute atomic E-state index is 2.56. The average molecular weight is 621 g/mol. The third kappa shape index (κ3) is 3.58. The van der Waals surface area contributed by atoms with Crippen molar-refractivity contribution in [3.8, 4) is 11.1 Å². The van der Waals surface area contributed by atoms with Gasteiger partial charge in [-0.1, -0.05) is 97.1 Å². The summed E-state index contributed by atoms with van der Waals surface area (Å²) in [6.45, 7) is 0. The van der Waals surface area contributed by atoms with Gasteiger partial charge in [0.1, 0.15) is 0 Å². The van der Waals surface area contributed by atoms with Crippen molar-refractivity contribution in [1.82, 2.24) is 4.57 Å². The predicted octanol–water partition coefficient (Wildman–Crippen LogP) is 12.0. The largest absolute Gasteiger partial charge is 0.333 e. The Morgan fingerprint density at radius 2 is 1.31 bits per heavy atom. The number of anilines is 3. The first-order chi connectivity index (χ1) is 23.8. The van der Waals surface area contributed by atoms with Crippen molar-refractivity contribution >= 4 is 38.9 Å². The molecule has 6 aromatic rings. The van der Waals surface area contributed by atoms with Gasteiger partial charge in [0.25, 0.3) is 0 Å².